The number of carboxylic acid groups (broad SMARTS) is 1. The van der Waals surface area contributed by atoms with Gasteiger partial charge < -0.3 is 5.11 Å². The van der Waals surface area contributed by atoms with E-state index < -0.39 is 23.9 Å². The van der Waals surface area contributed by atoms with Gasteiger partial charge >= 0.3 is 5.97 Å². The van der Waals surface area contributed by atoms with E-state index in [1.54, 1.807) is 6.20 Å². The molecule has 1 N–H and O–H groups in total. The lowest BCUT2D eigenvalue weighted by Crippen LogP contribution is -2.30. The molecule has 0 spiro atoms. The highest BCUT2D eigenvalue weighted by Gasteiger charge is 2.38. The Morgan fingerprint density at radius 3 is 2.83 bits per heavy atom. The average Bonchev–Trinajstić information content (AvgIpc) is 2.89. The molecular formula is C15H14BrF2N3O2. The van der Waals surface area contributed by atoms with Gasteiger partial charge in [-0.3, -0.25) is 4.79 Å². The Kier molecular flexibility index (Phi) is 4.43. The standard InChI is InChI=1S/C15H14BrF2N3O2/c16-12-7-21(13-4-2-9(18)6-19-13)20-14(12)10-3-1-8(17)5-11(10)15(22)23/h2,4,6-8,10-11H,1,3,5H2,(H,22,23). The molecule has 0 saturated heterocycles. The van der Waals surface area contributed by atoms with E-state index in [0.29, 0.717) is 28.8 Å². The molecule has 2 aromatic heterocycles. The lowest BCUT2D eigenvalue weighted by atomic mass is 9.77. The third kappa shape index (κ3) is 3.26. The molecule has 1 saturated carbocycles. The molecule has 3 unspecified atom stereocenters. The highest BCUT2D eigenvalue weighted by molar-refractivity contribution is 9.10. The van der Waals surface area contributed by atoms with Gasteiger partial charge in [-0.05, 0) is 47.3 Å². The first-order chi connectivity index (χ1) is 11.0. The number of alkyl halides is 1. The summed E-state index contributed by atoms with van der Waals surface area (Å²) in [5.41, 5.74) is 0.565. The first-order valence-corrected chi connectivity index (χ1v) is 7.99. The number of nitrogens with zero attached hydrogens (tertiary/aromatic N) is 3. The van der Waals surface area contributed by atoms with E-state index in [1.807, 2.05) is 0 Å². The van der Waals surface area contributed by atoms with Crippen LogP contribution in [0, 0.1) is 11.7 Å². The largest absolute Gasteiger partial charge is 0.481 e. The average molecular weight is 386 g/mol. The van der Waals surface area contributed by atoms with Crippen LogP contribution < -0.4 is 0 Å². The molecule has 5 nitrogen and oxygen atoms in total. The van der Waals surface area contributed by atoms with E-state index in [1.165, 1.54) is 16.8 Å². The topological polar surface area (TPSA) is 68.0 Å². The van der Waals surface area contributed by atoms with Crippen LogP contribution in [0.5, 0.6) is 0 Å². The van der Waals surface area contributed by atoms with Crippen molar-refractivity contribution in [1.29, 1.82) is 0 Å². The van der Waals surface area contributed by atoms with Crippen LogP contribution in [0.1, 0.15) is 30.9 Å². The highest BCUT2D eigenvalue weighted by Crippen LogP contribution is 2.41. The zero-order valence-electron chi connectivity index (χ0n) is 12.0. The molecule has 1 aliphatic carbocycles. The quantitative estimate of drug-likeness (QED) is 0.877. The Labute approximate surface area is 139 Å². The van der Waals surface area contributed by atoms with Crippen molar-refractivity contribution in [2.24, 2.45) is 5.92 Å². The van der Waals surface area contributed by atoms with Crippen molar-refractivity contribution in [3.8, 4) is 5.82 Å². The smallest absolute Gasteiger partial charge is 0.307 e. The van der Waals surface area contributed by atoms with E-state index >= 15 is 0 Å². The van der Waals surface area contributed by atoms with Crippen LogP contribution in [0.2, 0.25) is 0 Å². The molecule has 0 radical (unpaired) electrons. The Morgan fingerprint density at radius 2 is 2.17 bits per heavy atom. The second-order valence-corrected chi connectivity index (χ2v) is 6.46. The van der Waals surface area contributed by atoms with E-state index in [2.05, 4.69) is 26.0 Å². The number of hydrogen-bond acceptors (Lipinski definition) is 3. The molecule has 8 heteroatoms. The Hall–Kier alpha value is -1.83. The molecule has 2 heterocycles. The molecule has 0 bridgehead atoms. The molecule has 23 heavy (non-hydrogen) atoms. The third-order valence-corrected chi connectivity index (χ3v) is 4.71. The van der Waals surface area contributed by atoms with Crippen LogP contribution in [0.3, 0.4) is 0 Å². The van der Waals surface area contributed by atoms with Crippen molar-refractivity contribution in [3.05, 3.63) is 40.5 Å². The van der Waals surface area contributed by atoms with Gasteiger partial charge in [0.15, 0.2) is 5.82 Å². The van der Waals surface area contributed by atoms with E-state index in [-0.39, 0.29) is 12.3 Å². The number of carbonyl (C=O) groups is 1. The van der Waals surface area contributed by atoms with Crippen LogP contribution in [0.25, 0.3) is 5.82 Å². The molecule has 3 atom stereocenters. The lowest BCUT2D eigenvalue weighted by molar-refractivity contribution is -0.144. The highest BCUT2D eigenvalue weighted by atomic mass is 79.9. The molecule has 122 valence electrons. The summed E-state index contributed by atoms with van der Waals surface area (Å²) in [4.78, 5) is 15.4. The van der Waals surface area contributed by atoms with Crippen molar-refractivity contribution in [2.45, 2.75) is 31.4 Å². The number of aliphatic carboxylic acids is 1. The number of rotatable bonds is 3. The summed E-state index contributed by atoms with van der Waals surface area (Å²) in [5.74, 6) is -2.22. The Bertz CT molecular complexity index is 720. The molecule has 3 rings (SSSR count). The van der Waals surface area contributed by atoms with Gasteiger partial charge in [-0.1, -0.05) is 0 Å². The van der Waals surface area contributed by atoms with Gasteiger partial charge in [0.05, 0.1) is 22.3 Å². The van der Waals surface area contributed by atoms with Crippen LogP contribution in [-0.2, 0) is 4.79 Å². The second-order valence-electron chi connectivity index (χ2n) is 5.60. The fraction of sp³-hybridized carbons (Fsp3) is 0.400. The first-order valence-electron chi connectivity index (χ1n) is 7.19. The minimum atomic E-state index is -1.09. The number of halogens is 3. The Balaban J connectivity index is 1.93. The predicted molar refractivity (Wildman–Crippen MR) is 81.6 cm³/mol. The normalized spacial score (nSPS) is 24.6. The van der Waals surface area contributed by atoms with E-state index in [0.717, 1.165) is 6.20 Å². The molecule has 0 aliphatic heterocycles. The fourth-order valence-corrected chi connectivity index (χ4v) is 3.53. The summed E-state index contributed by atoms with van der Waals surface area (Å²) in [6.07, 6.45) is 2.38. The molecule has 0 amide bonds. The predicted octanol–water partition coefficient (Wildman–Crippen LogP) is 3.48. The van der Waals surface area contributed by atoms with E-state index in [4.69, 9.17) is 0 Å². The monoisotopic (exact) mass is 385 g/mol. The van der Waals surface area contributed by atoms with Crippen LogP contribution in [0.4, 0.5) is 8.78 Å². The molecule has 1 aliphatic rings. The molecule has 2 aromatic rings. The number of aromatic nitrogens is 3. The third-order valence-electron chi connectivity index (χ3n) is 4.10. The summed E-state index contributed by atoms with van der Waals surface area (Å²) in [6.45, 7) is 0. The number of pyridine rings is 1. The van der Waals surface area contributed by atoms with E-state index in [9.17, 15) is 18.7 Å². The van der Waals surface area contributed by atoms with Gasteiger partial charge in [-0.25, -0.2) is 18.4 Å². The van der Waals surface area contributed by atoms with Crippen molar-refractivity contribution in [2.75, 3.05) is 0 Å². The fourth-order valence-electron chi connectivity index (χ4n) is 2.96. The summed E-state index contributed by atoms with van der Waals surface area (Å²) < 4.78 is 28.6. The van der Waals surface area contributed by atoms with Gasteiger partial charge in [-0.15, -0.1) is 0 Å². The van der Waals surface area contributed by atoms with Crippen molar-refractivity contribution < 1.29 is 18.7 Å². The molecule has 0 aromatic carbocycles. The van der Waals surface area contributed by atoms with Gasteiger partial charge in [0.2, 0.25) is 0 Å². The van der Waals surface area contributed by atoms with Gasteiger partial charge in [0.25, 0.3) is 0 Å². The van der Waals surface area contributed by atoms with Crippen LogP contribution in [-0.4, -0.2) is 32.0 Å². The Morgan fingerprint density at radius 1 is 1.39 bits per heavy atom. The van der Waals surface area contributed by atoms with Gasteiger partial charge in [0, 0.05) is 12.1 Å². The first kappa shape index (κ1) is 16.0. The summed E-state index contributed by atoms with van der Waals surface area (Å²) in [7, 11) is 0. The molecule has 1 fully saturated rings. The van der Waals surface area contributed by atoms with Gasteiger partial charge in [0.1, 0.15) is 12.0 Å². The van der Waals surface area contributed by atoms with Crippen LogP contribution in [0.15, 0.2) is 29.0 Å². The maximum atomic E-state index is 13.5. The van der Waals surface area contributed by atoms with Crippen molar-refractivity contribution >= 4 is 21.9 Å². The maximum absolute atomic E-state index is 13.5. The van der Waals surface area contributed by atoms with Crippen LogP contribution >= 0.6 is 15.9 Å². The summed E-state index contributed by atoms with van der Waals surface area (Å²) in [6, 6.07) is 2.75. The number of hydrogen-bond donors (Lipinski definition) is 1. The second kappa shape index (κ2) is 6.35. The minimum Gasteiger partial charge on any atom is -0.481 e. The van der Waals surface area contributed by atoms with Crippen molar-refractivity contribution in [1.82, 2.24) is 14.8 Å². The zero-order chi connectivity index (χ0) is 16.6. The summed E-state index contributed by atoms with van der Waals surface area (Å²) in [5, 5.41) is 13.8. The SMILES string of the molecule is O=C(O)C1CC(F)CCC1c1nn(-c2ccc(F)cn2)cc1Br. The van der Waals surface area contributed by atoms with Gasteiger partial charge in [-0.2, -0.15) is 5.10 Å². The summed E-state index contributed by atoms with van der Waals surface area (Å²) >= 11 is 3.38. The lowest BCUT2D eigenvalue weighted by Gasteiger charge is -2.29. The minimum absolute atomic E-state index is 0.00585. The zero-order valence-corrected chi connectivity index (χ0v) is 13.6. The van der Waals surface area contributed by atoms with Crippen molar-refractivity contribution in [3.63, 3.8) is 0 Å². The maximum Gasteiger partial charge on any atom is 0.307 e. The molecular weight excluding hydrogens is 372 g/mol. The number of carboxylic acids is 1.